The summed E-state index contributed by atoms with van der Waals surface area (Å²) in [6.07, 6.45) is 1.01. The van der Waals surface area contributed by atoms with Crippen molar-refractivity contribution >= 4 is 33.3 Å². The normalized spacial score (nSPS) is 13.9. The van der Waals surface area contributed by atoms with Crippen molar-refractivity contribution in [2.75, 3.05) is 23.3 Å². The molecule has 3 rings (SSSR count). The standard InChI is InChI=1S/C15H17BrN4O/c1-11-9-15-19(7-4-8-20(15)18-11)10-14(21)17-13-6-3-2-5-12(13)16/h2-3,5-6,9H,4,7-8,10H2,1H3,(H,17,21). The average molecular weight is 349 g/mol. The summed E-state index contributed by atoms with van der Waals surface area (Å²) in [6, 6.07) is 9.65. The molecular weight excluding hydrogens is 332 g/mol. The molecule has 0 unspecified atom stereocenters. The molecule has 0 aliphatic carbocycles. The van der Waals surface area contributed by atoms with E-state index in [1.165, 1.54) is 0 Å². The van der Waals surface area contributed by atoms with Crippen LogP contribution in [0.1, 0.15) is 12.1 Å². The number of fused-ring (bicyclic) bond motifs is 1. The lowest BCUT2D eigenvalue weighted by molar-refractivity contribution is -0.115. The van der Waals surface area contributed by atoms with Crippen LogP contribution in [0.25, 0.3) is 0 Å². The van der Waals surface area contributed by atoms with E-state index in [0.717, 1.165) is 41.2 Å². The fourth-order valence-corrected chi connectivity index (χ4v) is 2.95. The van der Waals surface area contributed by atoms with E-state index >= 15 is 0 Å². The molecule has 0 fully saturated rings. The summed E-state index contributed by atoms with van der Waals surface area (Å²) in [5.74, 6) is 1.01. The summed E-state index contributed by atoms with van der Waals surface area (Å²) in [4.78, 5) is 14.3. The van der Waals surface area contributed by atoms with Crippen LogP contribution in [0.2, 0.25) is 0 Å². The fourth-order valence-electron chi connectivity index (χ4n) is 2.56. The van der Waals surface area contributed by atoms with E-state index in [-0.39, 0.29) is 5.91 Å². The molecule has 1 N–H and O–H groups in total. The van der Waals surface area contributed by atoms with Crippen LogP contribution in [0, 0.1) is 6.92 Å². The van der Waals surface area contributed by atoms with Gasteiger partial charge in [-0.1, -0.05) is 12.1 Å². The molecule has 0 saturated heterocycles. The smallest absolute Gasteiger partial charge is 0.243 e. The quantitative estimate of drug-likeness (QED) is 0.927. The molecule has 0 atom stereocenters. The number of hydrogen-bond donors (Lipinski definition) is 1. The first-order valence-electron chi connectivity index (χ1n) is 6.97. The maximum absolute atomic E-state index is 12.2. The summed E-state index contributed by atoms with van der Waals surface area (Å²) in [7, 11) is 0. The second kappa shape index (κ2) is 5.89. The molecule has 21 heavy (non-hydrogen) atoms. The van der Waals surface area contributed by atoms with Gasteiger partial charge in [-0.3, -0.25) is 4.79 Å². The first-order chi connectivity index (χ1) is 10.1. The fraction of sp³-hybridized carbons (Fsp3) is 0.333. The van der Waals surface area contributed by atoms with Gasteiger partial charge in [0.2, 0.25) is 5.91 Å². The Morgan fingerprint density at radius 2 is 2.19 bits per heavy atom. The Morgan fingerprint density at radius 1 is 1.38 bits per heavy atom. The van der Waals surface area contributed by atoms with Crippen molar-refractivity contribution in [2.24, 2.45) is 0 Å². The second-order valence-corrected chi connectivity index (χ2v) is 6.02. The molecule has 2 aromatic rings. The number of aromatic nitrogens is 2. The van der Waals surface area contributed by atoms with Crippen LogP contribution < -0.4 is 10.2 Å². The van der Waals surface area contributed by atoms with Crippen LogP contribution in [0.15, 0.2) is 34.8 Å². The van der Waals surface area contributed by atoms with E-state index in [0.29, 0.717) is 6.54 Å². The lowest BCUT2D eigenvalue weighted by Gasteiger charge is -2.28. The Bertz CT molecular complexity index is 667. The Hall–Kier alpha value is -1.82. The first kappa shape index (κ1) is 14.1. The predicted molar refractivity (Wildman–Crippen MR) is 86.6 cm³/mol. The molecule has 0 radical (unpaired) electrons. The monoisotopic (exact) mass is 348 g/mol. The van der Waals surface area contributed by atoms with Crippen molar-refractivity contribution < 1.29 is 4.79 Å². The molecule has 1 aliphatic heterocycles. The molecule has 1 aromatic carbocycles. The van der Waals surface area contributed by atoms with Gasteiger partial charge < -0.3 is 10.2 Å². The van der Waals surface area contributed by atoms with Gasteiger partial charge in [-0.05, 0) is 41.4 Å². The summed E-state index contributed by atoms with van der Waals surface area (Å²) in [5.41, 5.74) is 1.78. The topological polar surface area (TPSA) is 50.2 Å². The largest absolute Gasteiger partial charge is 0.347 e. The van der Waals surface area contributed by atoms with Gasteiger partial charge in [-0.2, -0.15) is 5.10 Å². The van der Waals surface area contributed by atoms with E-state index < -0.39 is 0 Å². The summed E-state index contributed by atoms with van der Waals surface area (Å²) >= 11 is 3.44. The number of para-hydroxylation sites is 1. The highest BCUT2D eigenvalue weighted by Crippen LogP contribution is 2.23. The number of nitrogens with zero attached hydrogens (tertiary/aromatic N) is 3. The van der Waals surface area contributed by atoms with E-state index in [2.05, 4.69) is 31.2 Å². The molecule has 0 saturated carbocycles. The zero-order valence-corrected chi connectivity index (χ0v) is 13.4. The number of hydrogen-bond acceptors (Lipinski definition) is 3. The van der Waals surface area contributed by atoms with Crippen LogP contribution in [-0.4, -0.2) is 28.8 Å². The number of benzene rings is 1. The number of amides is 1. The van der Waals surface area contributed by atoms with Crippen LogP contribution >= 0.6 is 15.9 Å². The van der Waals surface area contributed by atoms with Gasteiger partial charge >= 0.3 is 0 Å². The van der Waals surface area contributed by atoms with Gasteiger partial charge in [-0.25, -0.2) is 4.68 Å². The molecule has 110 valence electrons. The third-order valence-corrected chi connectivity index (χ3v) is 4.18. The van der Waals surface area contributed by atoms with Gasteiger partial charge in [0, 0.05) is 23.6 Å². The van der Waals surface area contributed by atoms with Crippen molar-refractivity contribution in [2.45, 2.75) is 19.9 Å². The number of carbonyl (C=O) groups excluding carboxylic acids is 1. The Morgan fingerprint density at radius 3 is 3.00 bits per heavy atom. The molecule has 1 aliphatic rings. The Labute approximate surface area is 132 Å². The highest BCUT2D eigenvalue weighted by molar-refractivity contribution is 9.10. The molecule has 5 nitrogen and oxygen atoms in total. The minimum atomic E-state index is -0.0193. The maximum atomic E-state index is 12.2. The highest BCUT2D eigenvalue weighted by atomic mass is 79.9. The van der Waals surface area contributed by atoms with E-state index in [1.807, 2.05) is 41.9 Å². The van der Waals surface area contributed by atoms with Gasteiger partial charge in [-0.15, -0.1) is 0 Å². The Kier molecular flexibility index (Phi) is 3.96. The molecule has 1 aromatic heterocycles. The molecule has 2 heterocycles. The molecule has 1 amide bonds. The van der Waals surface area contributed by atoms with Crippen LogP contribution in [-0.2, 0) is 11.3 Å². The molecule has 6 heteroatoms. The van der Waals surface area contributed by atoms with Crippen LogP contribution in [0.3, 0.4) is 0 Å². The molecule has 0 bridgehead atoms. The second-order valence-electron chi connectivity index (χ2n) is 5.17. The van der Waals surface area contributed by atoms with Crippen LogP contribution in [0.4, 0.5) is 11.5 Å². The minimum Gasteiger partial charge on any atom is -0.347 e. The van der Waals surface area contributed by atoms with E-state index in [1.54, 1.807) is 0 Å². The Balaban J connectivity index is 1.70. The average Bonchev–Trinajstić information content (AvgIpc) is 2.83. The van der Waals surface area contributed by atoms with Crippen molar-refractivity contribution in [3.8, 4) is 0 Å². The van der Waals surface area contributed by atoms with E-state index in [9.17, 15) is 4.79 Å². The zero-order valence-electron chi connectivity index (χ0n) is 11.8. The first-order valence-corrected chi connectivity index (χ1v) is 7.76. The van der Waals surface area contributed by atoms with E-state index in [4.69, 9.17) is 0 Å². The van der Waals surface area contributed by atoms with Crippen molar-refractivity contribution in [3.05, 3.63) is 40.5 Å². The summed E-state index contributed by atoms with van der Waals surface area (Å²) in [5, 5.41) is 7.38. The van der Waals surface area contributed by atoms with Gasteiger partial charge in [0.15, 0.2) is 0 Å². The highest BCUT2D eigenvalue weighted by Gasteiger charge is 2.20. The zero-order chi connectivity index (χ0) is 14.8. The number of rotatable bonds is 3. The lowest BCUT2D eigenvalue weighted by Crippen LogP contribution is -2.38. The van der Waals surface area contributed by atoms with Crippen molar-refractivity contribution in [1.29, 1.82) is 0 Å². The maximum Gasteiger partial charge on any atom is 0.243 e. The van der Waals surface area contributed by atoms with Gasteiger partial charge in [0.1, 0.15) is 5.82 Å². The van der Waals surface area contributed by atoms with Gasteiger partial charge in [0.25, 0.3) is 0 Å². The van der Waals surface area contributed by atoms with Crippen molar-refractivity contribution in [1.82, 2.24) is 9.78 Å². The molecule has 0 spiro atoms. The number of aryl methyl sites for hydroxylation is 2. The third-order valence-electron chi connectivity index (χ3n) is 3.49. The molecular formula is C15H17BrN4O. The number of halogens is 1. The van der Waals surface area contributed by atoms with Crippen molar-refractivity contribution in [3.63, 3.8) is 0 Å². The number of nitrogens with one attached hydrogen (secondary N) is 1. The minimum absolute atomic E-state index is 0.0193. The number of carbonyl (C=O) groups is 1. The third kappa shape index (κ3) is 3.10. The van der Waals surface area contributed by atoms with Crippen LogP contribution in [0.5, 0.6) is 0 Å². The number of anilines is 2. The lowest BCUT2D eigenvalue weighted by atomic mass is 10.3. The predicted octanol–water partition coefficient (Wildman–Crippen LogP) is 2.80. The SMILES string of the molecule is Cc1cc2n(n1)CCCN2CC(=O)Nc1ccccc1Br. The summed E-state index contributed by atoms with van der Waals surface area (Å²) in [6.45, 7) is 4.12. The summed E-state index contributed by atoms with van der Waals surface area (Å²) < 4.78 is 2.86. The van der Waals surface area contributed by atoms with Gasteiger partial charge in [0.05, 0.1) is 17.9 Å².